The molecule has 1 N–H and O–H groups in total. The molecule has 1 aromatic heterocycles. The number of nitrogens with zero attached hydrogens (tertiary/aromatic N) is 2. The highest BCUT2D eigenvalue weighted by atomic mass is 35.5. The minimum absolute atomic E-state index is 0.00563. The molecule has 1 atom stereocenters. The predicted molar refractivity (Wildman–Crippen MR) is 76.6 cm³/mol. The third-order valence-electron chi connectivity index (χ3n) is 2.70. The molecule has 1 rings (SSSR count). The lowest BCUT2D eigenvalue weighted by Crippen LogP contribution is -2.30. The number of halogens is 1. The van der Waals surface area contributed by atoms with Gasteiger partial charge in [-0.05, 0) is 27.8 Å². The van der Waals surface area contributed by atoms with Crippen molar-refractivity contribution in [2.24, 2.45) is 0 Å². The van der Waals surface area contributed by atoms with Crippen molar-refractivity contribution in [1.82, 2.24) is 15.1 Å². The van der Waals surface area contributed by atoms with Crippen LogP contribution in [0.2, 0.25) is 5.02 Å². The van der Waals surface area contributed by atoms with E-state index in [-0.39, 0.29) is 11.6 Å². The van der Waals surface area contributed by atoms with Gasteiger partial charge in [0.25, 0.3) is 0 Å². The van der Waals surface area contributed by atoms with Crippen LogP contribution in [0.15, 0.2) is 6.20 Å². The lowest BCUT2D eigenvalue weighted by Gasteiger charge is -2.25. The first-order valence-corrected chi connectivity index (χ1v) is 6.78. The molecule has 0 bridgehead atoms. The number of methoxy groups -OCH3 is 1. The zero-order valence-corrected chi connectivity index (χ0v) is 13.1. The van der Waals surface area contributed by atoms with Gasteiger partial charge in [0.15, 0.2) is 0 Å². The second-order valence-corrected chi connectivity index (χ2v) is 5.77. The van der Waals surface area contributed by atoms with E-state index in [1.54, 1.807) is 13.3 Å². The molecule has 0 spiro atoms. The van der Waals surface area contributed by atoms with Crippen LogP contribution < -0.4 is 5.32 Å². The van der Waals surface area contributed by atoms with Gasteiger partial charge >= 0.3 is 0 Å². The fourth-order valence-corrected chi connectivity index (χ4v) is 1.98. The van der Waals surface area contributed by atoms with Crippen LogP contribution in [-0.2, 0) is 16.0 Å². The first-order valence-electron chi connectivity index (χ1n) is 6.40. The van der Waals surface area contributed by atoms with Gasteiger partial charge in [-0.1, -0.05) is 11.6 Å². The van der Waals surface area contributed by atoms with E-state index in [2.05, 4.69) is 10.4 Å². The van der Waals surface area contributed by atoms with E-state index in [4.69, 9.17) is 21.1 Å². The van der Waals surface area contributed by atoms with E-state index in [0.717, 1.165) is 5.69 Å². The lowest BCUT2D eigenvalue weighted by atomic mass is 10.1. The molecule has 19 heavy (non-hydrogen) atoms. The standard InChI is InChI=1S/C13H24ClN3O2/c1-13(2,3)19-9-11(15-4)12-10(14)8-16-17(12)6-7-18-5/h8,11,15H,6-7,9H2,1-5H3. The van der Waals surface area contributed by atoms with Crippen LogP contribution in [0.1, 0.15) is 32.5 Å². The zero-order valence-electron chi connectivity index (χ0n) is 12.4. The Morgan fingerprint density at radius 2 is 2.16 bits per heavy atom. The predicted octanol–water partition coefficient (Wildman–Crippen LogP) is 2.26. The average Bonchev–Trinajstić information content (AvgIpc) is 2.68. The summed E-state index contributed by atoms with van der Waals surface area (Å²) < 4.78 is 12.8. The third kappa shape index (κ3) is 5.10. The number of nitrogens with one attached hydrogen (secondary N) is 1. The molecule has 0 aliphatic heterocycles. The highest BCUT2D eigenvalue weighted by Gasteiger charge is 2.21. The summed E-state index contributed by atoms with van der Waals surface area (Å²) >= 11 is 6.23. The molecule has 0 amide bonds. The molecule has 1 unspecified atom stereocenters. The highest BCUT2D eigenvalue weighted by Crippen LogP contribution is 2.24. The summed E-state index contributed by atoms with van der Waals surface area (Å²) in [6, 6.07) is 0.00563. The van der Waals surface area contributed by atoms with Crippen LogP contribution in [0, 0.1) is 0 Å². The number of ether oxygens (including phenoxy) is 2. The zero-order chi connectivity index (χ0) is 14.5. The Labute approximate surface area is 120 Å². The molecule has 0 saturated carbocycles. The van der Waals surface area contributed by atoms with Crippen LogP contribution in [0.4, 0.5) is 0 Å². The van der Waals surface area contributed by atoms with E-state index >= 15 is 0 Å². The summed E-state index contributed by atoms with van der Waals surface area (Å²) in [5, 5.41) is 8.15. The number of aromatic nitrogens is 2. The van der Waals surface area contributed by atoms with Crippen molar-refractivity contribution >= 4 is 11.6 Å². The summed E-state index contributed by atoms with van der Waals surface area (Å²) in [5.74, 6) is 0. The number of hydrogen-bond donors (Lipinski definition) is 1. The lowest BCUT2D eigenvalue weighted by molar-refractivity contribution is -0.0150. The Morgan fingerprint density at radius 1 is 1.47 bits per heavy atom. The average molecular weight is 290 g/mol. The minimum atomic E-state index is -0.182. The van der Waals surface area contributed by atoms with Crippen LogP contribution in [-0.4, -0.2) is 42.8 Å². The smallest absolute Gasteiger partial charge is 0.0835 e. The van der Waals surface area contributed by atoms with Crippen molar-refractivity contribution < 1.29 is 9.47 Å². The quantitative estimate of drug-likeness (QED) is 0.836. The first kappa shape index (κ1) is 16.4. The molecular weight excluding hydrogens is 266 g/mol. The summed E-state index contributed by atoms with van der Waals surface area (Å²) in [4.78, 5) is 0. The van der Waals surface area contributed by atoms with Crippen molar-refractivity contribution in [2.75, 3.05) is 27.4 Å². The normalized spacial score (nSPS) is 13.8. The molecule has 0 aliphatic rings. The van der Waals surface area contributed by atoms with Gasteiger partial charge in [0, 0.05) is 7.11 Å². The second kappa shape index (κ2) is 7.24. The van der Waals surface area contributed by atoms with Crippen molar-refractivity contribution in [3.63, 3.8) is 0 Å². The van der Waals surface area contributed by atoms with Crippen LogP contribution in [0.25, 0.3) is 0 Å². The molecule has 6 heteroatoms. The Morgan fingerprint density at radius 3 is 2.68 bits per heavy atom. The number of hydrogen-bond acceptors (Lipinski definition) is 4. The first-order chi connectivity index (χ1) is 8.89. The van der Waals surface area contributed by atoms with E-state index in [1.807, 2.05) is 32.5 Å². The Hall–Kier alpha value is -0.620. The summed E-state index contributed by atoms with van der Waals surface area (Å²) in [5.41, 5.74) is 0.754. The Bertz CT molecular complexity index is 388. The maximum atomic E-state index is 6.23. The molecule has 0 saturated heterocycles. The van der Waals surface area contributed by atoms with Gasteiger partial charge in [-0.15, -0.1) is 0 Å². The summed E-state index contributed by atoms with van der Waals surface area (Å²) in [6.45, 7) is 7.91. The minimum Gasteiger partial charge on any atom is -0.383 e. The van der Waals surface area contributed by atoms with Gasteiger partial charge in [-0.3, -0.25) is 4.68 Å². The maximum absolute atomic E-state index is 6.23. The molecule has 0 fully saturated rings. The van der Waals surface area contributed by atoms with Crippen LogP contribution >= 0.6 is 11.6 Å². The maximum Gasteiger partial charge on any atom is 0.0835 e. The van der Waals surface area contributed by atoms with Gasteiger partial charge in [-0.25, -0.2) is 0 Å². The molecule has 0 aliphatic carbocycles. The van der Waals surface area contributed by atoms with Gasteiger partial charge in [-0.2, -0.15) is 5.10 Å². The van der Waals surface area contributed by atoms with E-state index in [0.29, 0.717) is 24.8 Å². The largest absolute Gasteiger partial charge is 0.383 e. The van der Waals surface area contributed by atoms with Crippen molar-refractivity contribution in [3.8, 4) is 0 Å². The fraction of sp³-hybridized carbons (Fsp3) is 0.769. The Balaban J connectivity index is 2.81. The van der Waals surface area contributed by atoms with Gasteiger partial charge in [0.05, 0.1) is 48.3 Å². The van der Waals surface area contributed by atoms with Gasteiger partial charge in [0.2, 0.25) is 0 Å². The van der Waals surface area contributed by atoms with E-state index in [9.17, 15) is 0 Å². The SMILES string of the molecule is CNC(COC(C)(C)C)c1c(Cl)cnn1CCOC. The van der Waals surface area contributed by atoms with Gasteiger partial charge in [0.1, 0.15) is 0 Å². The number of likely N-dealkylation sites (N-methyl/N-ethyl adjacent to an activating group) is 1. The van der Waals surface area contributed by atoms with Gasteiger partial charge < -0.3 is 14.8 Å². The van der Waals surface area contributed by atoms with Crippen molar-refractivity contribution in [2.45, 2.75) is 39.0 Å². The van der Waals surface area contributed by atoms with Crippen LogP contribution in [0.3, 0.4) is 0 Å². The molecule has 1 heterocycles. The van der Waals surface area contributed by atoms with Crippen LogP contribution in [0.5, 0.6) is 0 Å². The molecule has 5 nitrogen and oxygen atoms in total. The summed E-state index contributed by atoms with van der Waals surface area (Å²) in [7, 11) is 3.56. The third-order valence-corrected chi connectivity index (χ3v) is 2.99. The molecular formula is C13H24ClN3O2. The fourth-order valence-electron chi connectivity index (χ4n) is 1.71. The molecule has 1 aromatic rings. The van der Waals surface area contributed by atoms with Crippen molar-refractivity contribution in [1.29, 1.82) is 0 Å². The Kier molecular flexibility index (Phi) is 6.26. The highest BCUT2D eigenvalue weighted by molar-refractivity contribution is 6.31. The summed E-state index contributed by atoms with van der Waals surface area (Å²) in [6.07, 6.45) is 1.66. The molecule has 110 valence electrons. The monoisotopic (exact) mass is 289 g/mol. The van der Waals surface area contributed by atoms with E-state index < -0.39 is 0 Å². The molecule has 0 aromatic carbocycles. The molecule has 0 radical (unpaired) electrons. The topological polar surface area (TPSA) is 48.3 Å². The number of rotatable bonds is 7. The van der Waals surface area contributed by atoms with Crippen molar-refractivity contribution in [3.05, 3.63) is 16.9 Å². The second-order valence-electron chi connectivity index (χ2n) is 5.36. The van der Waals surface area contributed by atoms with E-state index in [1.165, 1.54) is 0 Å².